The van der Waals surface area contributed by atoms with Crippen LogP contribution in [0.5, 0.6) is 0 Å². The Labute approximate surface area is 217 Å². The molecule has 0 spiro atoms. The molecule has 1 atom stereocenters. The second-order valence-corrected chi connectivity index (χ2v) is 10.3. The molecule has 0 aliphatic heterocycles. The Balaban J connectivity index is 1.52. The van der Waals surface area contributed by atoms with E-state index in [4.69, 9.17) is 17.3 Å². The van der Waals surface area contributed by atoms with E-state index >= 15 is 4.39 Å². The van der Waals surface area contributed by atoms with Gasteiger partial charge in [-0.25, -0.2) is 9.07 Å². The molecular formula is C30H32ClFN4. The lowest BCUT2D eigenvalue weighted by molar-refractivity contribution is 0.306. The molecule has 1 aromatic heterocycles. The number of hydrogen-bond acceptors (Lipinski definition) is 3. The number of anilines is 1. The summed E-state index contributed by atoms with van der Waals surface area (Å²) in [6.07, 6.45) is 8.27. The van der Waals surface area contributed by atoms with Crippen LogP contribution >= 0.6 is 11.6 Å². The van der Waals surface area contributed by atoms with Crippen molar-refractivity contribution in [2.24, 2.45) is 5.92 Å². The van der Waals surface area contributed by atoms with Gasteiger partial charge in [-0.15, -0.1) is 0 Å². The zero-order valence-corrected chi connectivity index (χ0v) is 21.3. The van der Waals surface area contributed by atoms with Crippen molar-refractivity contribution in [3.8, 4) is 16.8 Å². The third-order valence-electron chi connectivity index (χ3n) is 7.40. The summed E-state index contributed by atoms with van der Waals surface area (Å²) in [7, 11) is 0. The molecule has 0 amide bonds. The molecule has 1 unspecified atom stereocenters. The first-order valence-electron chi connectivity index (χ1n) is 12.7. The Hall–Kier alpha value is -3.15. The van der Waals surface area contributed by atoms with Crippen LogP contribution in [0.2, 0.25) is 5.02 Å². The summed E-state index contributed by atoms with van der Waals surface area (Å²) in [5, 5.41) is 8.47. The van der Waals surface area contributed by atoms with Crippen molar-refractivity contribution in [1.29, 1.82) is 0 Å². The van der Waals surface area contributed by atoms with Crippen LogP contribution in [-0.2, 0) is 0 Å². The van der Waals surface area contributed by atoms with Crippen LogP contribution in [0.3, 0.4) is 0 Å². The number of halogens is 2. The fraction of sp³-hybridized carbons (Fsp3) is 0.300. The number of hydrogen-bond donors (Lipinski definition) is 2. The Bertz CT molecular complexity index is 1300. The van der Waals surface area contributed by atoms with Crippen LogP contribution in [0.25, 0.3) is 16.8 Å². The minimum absolute atomic E-state index is 0.0974. The zero-order chi connectivity index (χ0) is 25.1. The molecule has 3 aromatic carbocycles. The van der Waals surface area contributed by atoms with Crippen molar-refractivity contribution >= 4 is 17.3 Å². The van der Waals surface area contributed by atoms with Crippen molar-refractivity contribution in [1.82, 2.24) is 15.1 Å². The topological polar surface area (TPSA) is 55.9 Å². The smallest absolute Gasteiger partial charge is 0.158 e. The van der Waals surface area contributed by atoms with E-state index in [1.165, 1.54) is 35.9 Å². The van der Waals surface area contributed by atoms with E-state index in [0.29, 0.717) is 33.6 Å². The average molecular weight is 503 g/mol. The van der Waals surface area contributed by atoms with Crippen molar-refractivity contribution < 1.29 is 4.39 Å². The van der Waals surface area contributed by atoms with Crippen molar-refractivity contribution in [2.75, 3.05) is 12.3 Å². The number of benzene rings is 3. The van der Waals surface area contributed by atoms with Crippen LogP contribution in [0.1, 0.15) is 49.7 Å². The molecule has 5 rings (SSSR count). The molecule has 1 saturated carbocycles. The fourth-order valence-electron chi connectivity index (χ4n) is 5.26. The third kappa shape index (κ3) is 5.18. The maximum atomic E-state index is 15.8. The SMILES string of the molecule is CC1CCC(NCC(c2ccccc2)c2ccc(Cl)c(-c3c(N)ccc(-n4cccn4)c3F)c2)CC1. The summed E-state index contributed by atoms with van der Waals surface area (Å²) < 4.78 is 17.3. The van der Waals surface area contributed by atoms with E-state index in [-0.39, 0.29) is 5.92 Å². The molecule has 0 radical (unpaired) electrons. The third-order valence-corrected chi connectivity index (χ3v) is 7.73. The van der Waals surface area contributed by atoms with Gasteiger partial charge in [-0.2, -0.15) is 5.10 Å². The van der Waals surface area contributed by atoms with Crippen LogP contribution in [-0.4, -0.2) is 22.4 Å². The summed E-state index contributed by atoms with van der Waals surface area (Å²) in [6.45, 7) is 3.14. The van der Waals surface area contributed by atoms with Gasteiger partial charge in [0.05, 0.1) is 0 Å². The molecule has 6 heteroatoms. The highest BCUT2D eigenvalue weighted by atomic mass is 35.5. The standard InChI is InChI=1S/C30H32ClFN4/c1-20-8-11-23(12-9-20)34-19-25(21-6-3-2-4-7-21)22-10-13-26(31)24(18-22)29-27(33)14-15-28(30(29)32)36-17-5-16-35-36/h2-7,10,13-18,20,23,25,34H,8-9,11-12,19,33H2,1H3. The van der Waals surface area contributed by atoms with Gasteiger partial charge >= 0.3 is 0 Å². The second kappa shape index (κ2) is 10.9. The average Bonchev–Trinajstić information content (AvgIpc) is 3.42. The first-order chi connectivity index (χ1) is 17.5. The van der Waals surface area contributed by atoms with Gasteiger partial charge in [-0.3, -0.25) is 0 Å². The number of nitrogens with one attached hydrogen (secondary N) is 1. The molecule has 1 aliphatic carbocycles. The molecule has 0 bridgehead atoms. The number of nitrogens with two attached hydrogens (primary N) is 1. The summed E-state index contributed by atoms with van der Waals surface area (Å²) in [6, 6.07) is 22.0. The minimum Gasteiger partial charge on any atom is -0.398 e. The predicted octanol–water partition coefficient (Wildman–Crippen LogP) is 7.21. The number of aromatic nitrogens is 2. The molecule has 3 N–H and O–H groups in total. The predicted molar refractivity (Wildman–Crippen MR) is 146 cm³/mol. The Morgan fingerprint density at radius 2 is 1.81 bits per heavy atom. The summed E-state index contributed by atoms with van der Waals surface area (Å²) in [5.74, 6) is 0.466. The lowest BCUT2D eigenvalue weighted by Crippen LogP contribution is -2.35. The van der Waals surface area contributed by atoms with Gasteiger partial charge < -0.3 is 11.1 Å². The number of nitrogen functional groups attached to an aromatic ring is 1. The van der Waals surface area contributed by atoms with Crippen molar-refractivity contribution in [2.45, 2.75) is 44.6 Å². The van der Waals surface area contributed by atoms with Gasteiger partial charge in [-0.1, -0.05) is 54.9 Å². The molecule has 0 saturated heterocycles. The molecule has 1 fully saturated rings. The Kier molecular flexibility index (Phi) is 7.40. The molecule has 36 heavy (non-hydrogen) atoms. The van der Waals surface area contributed by atoms with E-state index in [9.17, 15) is 0 Å². The van der Waals surface area contributed by atoms with Crippen LogP contribution in [0, 0.1) is 11.7 Å². The van der Waals surface area contributed by atoms with Crippen LogP contribution < -0.4 is 11.1 Å². The summed E-state index contributed by atoms with van der Waals surface area (Å²) >= 11 is 6.65. The summed E-state index contributed by atoms with van der Waals surface area (Å²) in [4.78, 5) is 0. The van der Waals surface area contributed by atoms with Crippen LogP contribution in [0.15, 0.2) is 79.1 Å². The highest BCUT2D eigenvalue weighted by molar-refractivity contribution is 6.33. The van der Waals surface area contributed by atoms with E-state index in [1.54, 1.807) is 30.6 Å². The zero-order valence-electron chi connectivity index (χ0n) is 20.5. The van der Waals surface area contributed by atoms with Crippen molar-refractivity contribution in [3.63, 3.8) is 0 Å². The summed E-state index contributed by atoms with van der Waals surface area (Å²) in [5.41, 5.74) is 10.2. The minimum atomic E-state index is -0.441. The first-order valence-corrected chi connectivity index (χ1v) is 13.0. The van der Waals surface area contributed by atoms with E-state index in [1.807, 2.05) is 24.3 Å². The molecule has 1 heterocycles. The lowest BCUT2D eigenvalue weighted by atomic mass is 9.85. The van der Waals surface area contributed by atoms with Crippen LogP contribution in [0.4, 0.5) is 10.1 Å². The van der Waals surface area contributed by atoms with E-state index in [2.05, 4.69) is 41.6 Å². The maximum Gasteiger partial charge on any atom is 0.158 e. The highest BCUT2D eigenvalue weighted by Gasteiger charge is 2.23. The fourth-order valence-corrected chi connectivity index (χ4v) is 5.47. The molecule has 4 nitrogen and oxygen atoms in total. The first kappa shape index (κ1) is 24.5. The number of nitrogens with zero attached hydrogens (tertiary/aromatic N) is 2. The van der Waals surface area contributed by atoms with Gasteiger partial charge in [0.2, 0.25) is 0 Å². The maximum absolute atomic E-state index is 15.8. The van der Waals surface area contributed by atoms with Gasteiger partial charge in [0, 0.05) is 52.7 Å². The quantitative estimate of drug-likeness (QED) is 0.262. The lowest BCUT2D eigenvalue weighted by Gasteiger charge is -2.29. The highest BCUT2D eigenvalue weighted by Crippen LogP contribution is 2.39. The van der Waals surface area contributed by atoms with Gasteiger partial charge in [0.25, 0.3) is 0 Å². The molecule has 186 valence electrons. The van der Waals surface area contributed by atoms with Gasteiger partial charge in [-0.05, 0) is 73.1 Å². The molecule has 4 aromatic rings. The normalized spacial score (nSPS) is 18.8. The van der Waals surface area contributed by atoms with E-state index in [0.717, 1.165) is 18.0 Å². The van der Waals surface area contributed by atoms with Crippen molar-refractivity contribution in [3.05, 3.63) is 101 Å². The van der Waals surface area contributed by atoms with E-state index < -0.39 is 5.82 Å². The largest absolute Gasteiger partial charge is 0.398 e. The Morgan fingerprint density at radius 1 is 1.03 bits per heavy atom. The Morgan fingerprint density at radius 3 is 2.53 bits per heavy atom. The van der Waals surface area contributed by atoms with Gasteiger partial charge in [0.15, 0.2) is 5.82 Å². The monoisotopic (exact) mass is 502 g/mol. The number of rotatable bonds is 7. The second-order valence-electron chi connectivity index (χ2n) is 9.88. The van der Waals surface area contributed by atoms with Gasteiger partial charge in [0.1, 0.15) is 5.69 Å². The molecule has 1 aliphatic rings. The molecular weight excluding hydrogens is 471 g/mol.